The largest absolute Gasteiger partial charge is 0.447 e. The van der Waals surface area contributed by atoms with Crippen molar-refractivity contribution >= 4 is 29.0 Å². The van der Waals surface area contributed by atoms with Crippen LogP contribution < -0.4 is 15.1 Å². The summed E-state index contributed by atoms with van der Waals surface area (Å²) >= 11 is 0. The van der Waals surface area contributed by atoms with E-state index >= 15 is 0 Å². The Hall–Kier alpha value is -3.36. The first-order chi connectivity index (χ1) is 14.6. The van der Waals surface area contributed by atoms with Gasteiger partial charge in [-0.1, -0.05) is 18.9 Å². The quantitative estimate of drug-likeness (QED) is 0.567. The molecular weight excluding hydrogens is 386 g/mol. The van der Waals surface area contributed by atoms with Gasteiger partial charge in [-0.25, -0.2) is 9.78 Å². The monoisotopic (exact) mass is 411 g/mol. The van der Waals surface area contributed by atoms with Crippen molar-refractivity contribution in [3.8, 4) is 0 Å². The summed E-state index contributed by atoms with van der Waals surface area (Å²) in [5.74, 6) is 0.997. The number of aromatic nitrogens is 1. The Balaban J connectivity index is 1.47. The van der Waals surface area contributed by atoms with Crippen molar-refractivity contribution in [1.29, 1.82) is 0 Å². The van der Waals surface area contributed by atoms with Crippen LogP contribution in [0.15, 0.2) is 36.5 Å². The number of amides is 1. The lowest BCUT2D eigenvalue weighted by Crippen LogP contribution is -2.25. The summed E-state index contributed by atoms with van der Waals surface area (Å²) in [5.41, 5.74) is 2.00. The zero-order valence-corrected chi connectivity index (χ0v) is 16.7. The van der Waals surface area contributed by atoms with Crippen LogP contribution in [0.4, 0.5) is 27.7 Å². The Kier molecular flexibility index (Phi) is 5.97. The van der Waals surface area contributed by atoms with Crippen LogP contribution in [-0.2, 0) is 11.3 Å². The number of carbonyl (C=O) groups excluding carboxylic acids is 1. The molecule has 9 nitrogen and oxygen atoms in total. The Labute approximate surface area is 174 Å². The number of pyridine rings is 1. The summed E-state index contributed by atoms with van der Waals surface area (Å²) in [6.45, 7) is 3.20. The van der Waals surface area contributed by atoms with E-state index in [1.807, 2.05) is 18.3 Å². The normalized spacial score (nSPS) is 16.9. The van der Waals surface area contributed by atoms with Crippen LogP contribution in [0, 0.1) is 10.1 Å². The molecule has 0 saturated carbocycles. The molecule has 2 aromatic rings. The van der Waals surface area contributed by atoms with E-state index in [1.54, 1.807) is 6.07 Å². The number of anilines is 3. The molecule has 158 valence electrons. The van der Waals surface area contributed by atoms with Gasteiger partial charge in [-0.15, -0.1) is 0 Å². The van der Waals surface area contributed by atoms with E-state index in [4.69, 9.17) is 4.74 Å². The third-order valence-electron chi connectivity index (χ3n) is 5.47. The Morgan fingerprint density at radius 2 is 1.90 bits per heavy atom. The molecule has 0 unspecified atom stereocenters. The lowest BCUT2D eigenvalue weighted by Gasteiger charge is -2.21. The number of cyclic esters (lactones) is 1. The lowest BCUT2D eigenvalue weighted by atomic mass is 10.2. The van der Waals surface area contributed by atoms with E-state index < -0.39 is 11.0 Å². The van der Waals surface area contributed by atoms with E-state index in [2.05, 4.69) is 15.2 Å². The predicted molar refractivity (Wildman–Crippen MR) is 114 cm³/mol. The number of nitrogens with one attached hydrogen (secondary N) is 1. The highest BCUT2D eigenvalue weighted by Crippen LogP contribution is 2.32. The van der Waals surface area contributed by atoms with Gasteiger partial charge in [-0.2, -0.15) is 0 Å². The summed E-state index contributed by atoms with van der Waals surface area (Å²) in [4.78, 5) is 31.0. The van der Waals surface area contributed by atoms with Gasteiger partial charge in [0.15, 0.2) is 0 Å². The number of nitro benzene ring substituents is 1. The van der Waals surface area contributed by atoms with Crippen molar-refractivity contribution in [1.82, 2.24) is 4.98 Å². The summed E-state index contributed by atoms with van der Waals surface area (Å²) in [5, 5.41) is 14.4. The minimum absolute atomic E-state index is 0.0706. The number of hydrogen-bond donors (Lipinski definition) is 1. The van der Waals surface area contributed by atoms with Crippen LogP contribution in [0.3, 0.4) is 0 Å². The van der Waals surface area contributed by atoms with Gasteiger partial charge in [-0.05, 0) is 30.5 Å². The SMILES string of the molecule is O=C1OCCN1c1cc([N+](=O)[O-])ccc1NCc1ccc(N2CCCCCC2)nc1. The summed E-state index contributed by atoms with van der Waals surface area (Å²) in [6.07, 6.45) is 6.31. The molecule has 0 bridgehead atoms. The molecule has 0 spiro atoms. The highest BCUT2D eigenvalue weighted by molar-refractivity contribution is 5.94. The maximum Gasteiger partial charge on any atom is 0.414 e. The van der Waals surface area contributed by atoms with Crippen LogP contribution in [-0.4, -0.2) is 42.2 Å². The maximum atomic E-state index is 12.0. The zero-order valence-electron chi connectivity index (χ0n) is 16.7. The number of benzene rings is 1. The van der Waals surface area contributed by atoms with Crippen molar-refractivity contribution in [2.45, 2.75) is 32.2 Å². The fourth-order valence-corrected chi connectivity index (χ4v) is 3.82. The van der Waals surface area contributed by atoms with Gasteiger partial charge in [0.25, 0.3) is 5.69 Å². The molecule has 2 saturated heterocycles. The van der Waals surface area contributed by atoms with E-state index in [0.29, 0.717) is 24.5 Å². The van der Waals surface area contributed by atoms with Crippen LogP contribution in [0.1, 0.15) is 31.2 Å². The Morgan fingerprint density at radius 3 is 2.53 bits per heavy atom. The van der Waals surface area contributed by atoms with Crippen molar-refractivity contribution < 1.29 is 14.5 Å². The second-order valence-electron chi connectivity index (χ2n) is 7.50. The Bertz CT molecular complexity index is 910. The fourth-order valence-electron chi connectivity index (χ4n) is 3.82. The van der Waals surface area contributed by atoms with Gasteiger partial charge in [0.1, 0.15) is 12.4 Å². The minimum Gasteiger partial charge on any atom is -0.447 e. The predicted octanol–water partition coefficient (Wildman–Crippen LogP) is 3.94. The molecule has 2 aliphatic heterocycles. The molecule has 0 aliphatic carbocycles. The molecule has 4 rings (SSSR count). The molecule has 3 heterocycles. The zero-order chi connectivity index (χ0) is 20.9. The highest BCUT2D eigenvalue weighted by atomic mass is 16.6. The van der Waals surface area contributed by atoms with Crippen LogP contribution in [0.25, 0.3) is 0 Å². The topological polar surface area (TPSA) is 101 Å². The molecule has 0 atom stereocenters. The summed E-state index contributed by atoms with van der Waals surface area (Å²) in [7, 11) is 0. The molecular formula is C21H25N5O4. The van der Waals surface area contributed by atoms with E-state index in [9.17, 15) is 14.9 Å². The first kappa shape index (κ1) is 19.9. The number of nitrogens with zero attached hydrogens (tertiary/aromatic N) is 4. The van der Waals surface area contributed by atoms with Gasteiger partial charge in [-0.3, -0.25) is 15.0 Å². The molecule has 0 radical (unpaired) electrons. The number of hydrogen-bond acceptors (Lipinski definition) is 7. The van der Waals surface area contributed by atoms with E-state index in [-0.39, 0.29) is 12.3 Å². The number of non-ortho nitro benzene ring substituents is 1. The van der Waals surface area contributed by atoms with Crippen LogP contribution in [0.5, 0.6) is 0 Å². The van der Waals surface area contributed by atoms with Crippen molar-refractivity contribution in [3.05, 3.63) is 52.2 Å². The third kappa shape index (κ3) is 4.45. The fraction of sp³-hybridized carbons (Fsp3) is 0.429. The molecule has 30 heavy (non-hydrogen) atoms. The molecule has 1 amide bonds. The first-order valence-electron chi connectivity index (χ1n) is 10.3. The maximum absolute atomic E-state index is 12.0. The van der Waals surface area contributed by atoms with E-state index in [0.717, 1.165) is 24.5 Å². The van der Waals surface area contributed by atoms with Crippen LogP contribution >= 0.6 is 0 Å². The lowest BCUT2D eigenvalue weighted by molar-refractivity contribution is -0.384. The summed E-state index contributed by atoms with van der Waals surface area (Å²) < 4.78 is 4.99. The van der Waals surface area contributed by atoms with Gasteiger partial charge in [0.05, 0.1) is 22.8 Å². The number of ether oxygens (including phenoxy) is 1. The Morgan fingerprint density at radius 1 is 1.10 bits per heavy atom. The van der Waals surface area contributed by atoms with Crippen molar-refractivity contribution in [2.75, 3.05) is 41.4 Å². The van der Waals surface area contributed by atoms with Crippen molar-refractivity contribution in [2.24, 2.45) is 0 Å². The van der Waals surface area contributed by atoms with E-state index in [1.165, 1.54) is 42.7 Å². The number of rotatable bonds is 6. The summed E-state index contributed by atoms with van der Waals surface area (Å²) in [6, 6.07) is 8.52. The number of carbonyl (C=O) groups is 1. The molecule has 2 aliphatic rings. The molecule has 1 aromatic carbocycles. The molecule has 2 fully saturated rings. The number of nitro groups is 1. The molecule has 1 N–H and O–H groups in total. The average Bonchev–Trinajstić information content (AvgIpc) is 3.01. The van der Waals surface area contributed by atoms with Crippen molar-refractivity contribution in [3.63, 3.8) is 0 Å². The van der Waals surface area contributed by atoms with Gasteiger partial charge in [0.2, 0.25) is 0 Å². The highest BCUT2D eigenvalue weighted by Gasteiger charge is 2.27. The van der Waals surface area contributed by atoms with Gasteiger partial charge >= 0.3 is 6.09 Å². The third-order valence-corrected chi connectivity index (χ3v) is 5.47. The van der Waals surface area contributed by atoms with Gasteiger partial charge < -0.3 is 15.0 Å². The smallest absolute Gasteiger partial charge is 0.414 e. The molecule has 9 heteroatoms. The average molecular weight is 411 g/mol. The second-order valence-corrected chi connectivity index (χ2v) is 7.50. The van der Waals surface area contributed by atoms with Crippen LogP contribution in [0.2, 0.25) is 0 Å². The molecule has 1 aromatic heterocycles. The second kappa shape index (κ2) is 8.98. The first-order valence-corrected chi connectivity index (χ1v) is 10.3. The standard InChI is InChI=1S/C21H25N5O4/c27-21-25(11-12-30-21)19-13-17(26(28)29)6-7-18(19)22-14-16-5-8-20(23-15-16)24-9-3-1-2-4-10-24/h5-8,13,15,22H,1-4,9-12,14H2. The minimum atomic E-state index is -0.498. The van der Waals surface area contributed by atoms with Gasteiger partial charge in [0, 0.05) is 38.0 Å².